The lowest BCUT2D eigenvalue weighted by Crippen LogP contribution is -2.05. The van der Waals surface area contributed by atoms with E-state index in [1.54, 1.807) is 12.1 Å². The van der Waals surface area contributed by atoms with Crippen LogP contribution in [0.5, 0.6) is 0 Å². The van der Waals surface area contributed by atoms with Crippen molar-refractivity contribution < 1.29 is 17.6 Å². The number of rotatable bonds is 3. The minimum Gasteiger partial charge on any atom is -0.398 e. The van der Waals surface area contributed by atoms with Gasteiger partial charge in [-0.1, -0.05) is 15.9 Å². The molecule has 7 heteroatoms. The van der Waals surface area contributed by atoms with Crippen LogP contribution in [0.2, 0.25) is 0 Å². The summed E-state index contributed by atoms with van der Waals surface area (Å²) < 4.78 is 51.9. The van der Waals surface area contributed by atoms with Crippen LogP contribution in [0.4, 0.5) is 23.2 Å². The van der Waals surface area contributed by atoms with E-state index in [9.17, 15) is 17.6 Å². The van der Waals surface area contributed by atoms with Crippen molar-refractivity contribution >= 4 is 33.4 Å². The van der Waals surface area contributed by atoms with Crippen molar-refractivity contribution in [2.24, 2.45) is 0 Å². The van der Waals surface area contributed by atoms with Gasteiger partial charge in [-0.25, -0.2) is 4.39 Å². The molecule has 0 spiro atoms. The van der Waals surface area contributed by atoms with E-state index in [1.807, 2.05) is 0 Å². The van der Waals surface area contributed by atoms with Crippen LogP contribution in [0.25, 0.3) is 0 Å². The second-order valence-electron chi connectivity index (χ2n) is 4.27. The predicted octanol–water partition coefficient (Wildman–Crippen LogP) is 5.48. The van der Waals surface area contributed by atoms with E-state index < -0.39 is 11.7 Å². The maximum atomic E-state index is 13.6. The lowest BCUT2D eigenvalue weighted by molar-refractivity contribution is -0.137. The maximum Gasteiger partial charge on any atom is 0.416 e. The lowest BCUT2D eigenvalue weighted by atomic mass is 10.2. The largest absolute Gasteiger partial charge is 0.416 e. The molecule has 0 heterocycles. The Balaban J connectivity index is 2.15. The van der Waals surface area contributed by atoms with Gasteiger partial charge >= 0.3 is 6.18 Å². The molecule has 0 aromatic heterocycles. The molecule has 2 rings (SSSR count). The molecule has 0 saturated heterocycles. The Morgan fingerprint density at radius 1 is 1.10 bits per heavy atom. The van der Waals surface area contributed by atoms with E-state index >= 15 is 0 Å². The number of anilines is 1. The van der Waals surface area contributed by atoms with Gasteiger partial charge in [-0.3, -0.25) is 0 Å². The van der Waals surface area contributed by atoms with E-state index in [0.29, 0.717) is 10.5 Å². The Labute approximate surface area is 131 Å². The minimum absolute atomic E-state index is 0.0326. The van der Waals surface area contributed by atoms with E-state index in [2.05, 4.69) is 15.9 Å². The molecule has 0 amide bonds. The topological polar surface area (TPSA) is 26.0 Å². The highest BCUT2D eigenvalue weighted by molar-refractivity contribution is 9.10. The van der Waals surface area contributed by atoms with Crippen LogP contribution in [0.1, 0.15) is 11.1 Å². The van der Waals surface area contributed by atoms with Gasteiger partial charge in [0.15, 0.2) is 0 Å². The van der Waals surface area contributed by atoms with Crippen molar-refractivity contribution in [2.45, 2.75) is 16.8 Å². The summed E-state index contributed by atoms with van der Waals surface area (Å²) in [4.78, 5) is 0.488. The summed E-state index contributed by atoms with van der Waals surface area (Å²) in [6.45, 7) is 0. The molecule has 2 aromatic carbocycles. The third-order valence-electron chi connectivity index (χ3n) is 2.73. The van der Waals surface area contributed by atoms with Crippen LogP contribution in [0.15, 0.2) is 45.8 Å². The van der Waals surface area contributed by atoms with Crippen molar-refractivity contribution in [3.05, 3.63) is 57.8 Å². The molecule has 0 saturated carbocycles. The minimum atomic E-state index is -4.42. The van der Waals surface area contributed by atoms with Gasteiger partial charge in [0.05, 0.1) is 5.56 Å². The number of hydrogen-bond acceptors (Lipinski definition) is 2. The van der Waals surface area contributed by atoms with Crippen molar-refractivity contribution in [1.29, 1.82) is 0 Å². The van der Waals surface area contributed by atoms with Crippen LogP contribution in [-0.2, 0) is 11.9 Å². The fourth-order valence-corrected chi connectivity index (χ4v) is 3.00. The molecule has 112 valence electrons. The highest BCUT2D eigenvalue weighted by Crippen LogP contribution is 2.35. The molecule has 0 atom stereocenters. The Kier molecular flexibility index (Phi) is 4.83. The van der Waals surface area contributed by atoms with Gasteiger partial charge in [0.1, 0.15) is 5.82 Å². The molecule has 0 bridgehead atoms. The fourth-order valence-electron chi connectivity index (χ4n) is 1.67. The number of halogens is 5. The van der Waals surface area contributed by atoms with Crippen molar-refractivity contribution in [1.82, 2.24) is 0 Å². The molecular formula is C14H10BrF4NS. The Morgan fingerprint density at radius 2 is 1.81 bits per heavy atom. The SMILES string of the molecule is Nc1cc(C(F)(F)F)ccc1SCc1cc(Br)ccc1F. The molecule has 21 heavy (non-hydrogen) atoms. The molecule has 0 radical (unpaired) electrons. The molecule has 2 aromatic rings. The smallest absolute Gasteiger partial charge is 0.398 e. The van der Waals surface area contributed by atoms with Gasteiger partial charge in [0, 0.05) is 20.8 Å². The highest BCUT2D eigenvalue weighted by Gasteiger charge is 2.30. The molecule has 0 aliphatic carbocycles. The van der Waals surface area contributed by atoms with Gasteiger partial charge in [0.25, 0.3) is 0 Å². The van der Waals surface area contributed by atoms with Crippen LogP contribution < -0.4 is 5.73 Å². The monoisotopic (exact) mass is 379 g/mol. The summed E-state index contributed by atoms with van der Waals surface area (Å²) in [6, 6.07) is 7.70. The number of hydrogen-bond donors (Lipinski definition) is 1. The molecule has 0 aliphatic heterocycles. The molecule has 1 nitrogen and oxygen atoms in total. The number of thioether (sulfide) groups is 1. The van der Waals surface area contributed by atoms with Crippen LogP contribution in [0, 0.1) is 5.82 Å². The zero-order valence-electron chi connectivity index (χ0n) is 10.5. The average molecular weight is 380 g/mol. The Bertz CT molecular complexity index is 658. The Morgan fingerprint density at radius 3 is 2.43 bits per heavy atom. The summed E-state index contributed by atoms with van der Waals surface area (Å²) in [7, 11) is 0. The van der Waals surface area contributed by atoms with Gasteiger partial charge in [-0.05, 0) is 42.0 Å². The molecule has 2 N–H and O–H groups in total. The van der Waals surface area contributed by atoms with Gasteiger partial charge in [-0.15, -0.1) is 11.8 Å². The number of nitrogens with two attached hydrogens (primary N) is 1. The van der Waals surface area contributed by atoms with Gasteiger partial charge < -0.3 is 5.73 Å². The number of alkyl halides is 3. The predicted molar refractivity (Wildman–Crippen MR) is 79.5 cm³/mol. The molecule has 0 fully saturated rings. The first kappa shape index (κ1) is 16.2. The first-order chi connectivity index (χ1) is 9.77. The average Bonchev–Trinajstić information content (AvgIpc) is 2.40. The highest BCUT2D eigenvalue weighted by atomic mass is 79.9. The third-order valence-corrected chi connectivity index (χ3v) is 4.36. The molecular weight excluding hydrogens is 370 g/mol. The van der Waals surface area contributed by atoms with E-state index in [4.69, 9.17) is 5.73 Å². The summed E-state index contributed by atoms with van der Waals surface area (Å²) >= 11 is 4.43. The lowest BCUT2D eigenvalue weighted by Gasteiger charge is -2.11. The van der Waals surface area contributed by atoms with Gasteiger partial charge in [0.2, 0.25) is 0 Å². The van der Waals surface area contributed by atoms with E-state index in [1.165, 1.54) is 23.9 Å². The first-order valence-electron chi connectivity index (χ1n) is 5.81. The van der Waals surface area contributed by atoms with E-state index in [0.717, 1.165) is 16.6 Å². The fraction of sp³-hybridized carbons (Fsp3) is 0.143. The summed E-state index contributed by atoms with van der Waals surface area (Å²) in [5, 5.41) is 0. The molecule has 0 unspecified atom stereocenters. The zero-order valence-corrected chi connectivity index (χ0v) is 12.9. The Hall–Kier alpha value is -1.21. The van der Waals surface area contributed by atoms with Crippen LogP contribution in [-0.4, -0.2) is 0 Å². The summed E-state index contributed by atoms with van der Waals surface area (Å²) in [5.41, 5.74) is 5.32. The third kappa shape index (κ3) is 4.14. The zero-order chi connectivity index (χ0) is 15.6. The van der Waals surface area contributed by atoms with E-state index in [-0.39, 0.29) is 17.3 Å². The van der Waals surface area contributed by atoms with Crippen molar-refractivity contribution in [3.63, 3.8) is 0 Å². The number of benzene rings is 2. The quantitative estimate of drug-likeness (QED) is 0.434. The normalized spacial score (nSPS) is 11.7. The van der Waals surface area contributed by atoms with Gasteiger partial charge in [-0.2, -0.15) is 13.2 Å². The number of nitrogen functional groups attached to an aromatic ring is 1. The second-order valence-corrected chi connectivity index (χ2v) is 6.21. The van der Waals surface area contributed by atoms with Crippen LogP contribution in [0.3, 0.4) is 0 Å². The standard InChI is InChI=1S/C14H10BrF4NS/c15-10-2-3-11(16)8(5-10)7-21-13-4-1-9(6-12(13)20)14(17,18)19/h1-6H,7,20H2. The molecule has 0 aliphatic rings. The summed E-state index contributed by atoms with van der Waals surface area (Å²) in [6.07, 6.45) is -4.42. The maximum absolute atomic E-state index is 13.6. The summed E-state index contributed by atoms with van der Waals surface area (Å²) in [5.74, 6) is -0.0860. The van der Waals surface area contributed by atoms with Crippen LogP contribution >= 0.6 is 27.7 Å². The first-order valence-corrected chi connectivity index (χ1v) is 7.58. The van der Waals surface area contributed by atoms with Crippen molar-refractivity contribution in [2.75, 3.05) is 5.73 Å². The van der Waals surface area contributed by atoms with Crippen molar-refractivity contribution in [3.8, 4) is 0 Å². The second kappa shape index (κ2) is 6.27.